The van der Waals surface area contributed by atoms with Gasteiger partial charge in [-0.15, -0.1) is 0 Å². The van der Waals surface area contributed by atoms with E-state index in [4.69, 9.17) is 21.4 Å². The van der Waals surface area contributed by atoms with E-state index in [2.05, 4.69) is 26.0 Å². The number of ether oxygens (including phenoxy) is 1. The highest BCUT2D eigenvalue weighted by Crippen LogP contribution is 2.36. The van der Waals surface area contributed by atoms with Gasteiger partial charge in [0.05, 0.1) is 27.1 Å². The Kier molecular flexibility index (Phi) is 7.68. The smallest absolute Gasteiger partial charge is 0.344 e. The molecule has 12 heteroatoms. The van der Waals surface area contributed by atoms with Crippen LogP contribution in [0.5, 0.6) is 5.75 Å². The number of nitro groups is 1. The molecule has 0 radical (unpaired) electrons. The van der Waals surface area contributed by atoms with Gasteiger partial charge in [-0.2, -0.15) is 9.78 Å². The van der Waals surface area contributed by atoms with Crippen LogP contribution in [0.4, 0.5) is 5.69 Å². The lowest BCUT2D eigenvalue weighted by atomic mass is 10.1. The molecule has 0 saturated carbocycles. The van der Waals surface area contributed by atoms with Crippen molar-refractivity contribution in [2.45, 2.75) is 39.2 Å². The summed E-state index contributed by atoms with van der Waals surface area (Å²) in [6, 6.07) is 7.65. The van der Waals surface area contributed by atoms with Gasteiger partial charge in [-0.05, 0) is 37.6 Å². The van der Waals surface area contributed by atoms with E-state index in [0.717, 1.165) is 6.07 Å². The first kappa shape index (κ1) is 25.3. The number of benzene rings is 2. The fourth-order valence-electron chi connectivity index (χ4n) is 3.06. The summed E-state index contributed by atoms with van der Waals surface area (Å²) in [6.07, 6.45) is 0.604. The Balaban J connectivity index is 2.14. The van der Waals surface area contributed by atoms with Gasteiger partial charge in [0, 0.05) is 22.0 Å². The van der Waals surface area contributed by atoms with E-state index in [-0.39, 0.29) is 22.3 Å². The van der Waals surface area contributed by atoms with E-state index in [1.165, 1.54) is 23.9 Å². The molecule has 1 N–H and O–H groups in total. The summed E-state index contributed by atoms with van der Waals surface area (Å²) in [5.41, 5.74) is -0.183. The molecule has 2 atom stereocenters. The SMILES string of the molecule is CC[C@@H](C)c1nc2ccc(Br)cc2c(=O)n1N=Cc1cc(Cl)c(O[C@H](C)C(=O)O)c([N+](=O)[O-])c1. The van der Waals surface area contributed by atoms with Gasteiger partial charge in [0.2, 0.25) is 5.75 Å². The van der Waals surface area contributed by atoms with Gasteiger partial charge in [0.15, 0.2) is 6.10 Å². The topological polar surface area (TPSA) is 137 Å². The number of halogens is 2. The van der Waals surface area contributed by atoms with E-state index < -0.39 is 28.2 Å². The summed E-state index contributed by atoms with van der Waals surface area (Å²) in [5.74, 6) is -1.32. The second kappa shape index (κ2) is 10.3. The standard InChI is InChI=1S/C22H20BrClN4O6/c1-4-11(2)20-26-17-6-5-14(23)9-15(17)21(29)27(20)25-10-13-7-16(24)19(18(8-13)28(32)33)34-12(3)22(30)31/h5-12H,4H2,1-3H3,(H,30,31)/t11-,12-/m1/s1. The van der Waals surface area contributed by atoms with E-state index in [0.29, 0.717) is 27.6 Å². The van der Waals surface area contributed by atoms with Crippen LogP contribution in [-0.2, 0) is 4.79 Å². The number of nitro benzene ring substituents is 1. The van der Waals surface area contributed by atoms with Crippen LogP contribution in [0.2, 0.25) is 5.02 Å². The van der Waals surface area contributed by atoms with Crippen molar-refractivity contribution in [3.8, 4) is 5.75 Å². The minimum atomic E-state index is -1.35. The van der Waals surface area contributed by atoms with Crippen molar-refractivity contribution in [2.24, 2.45) is 5.10 Å². The van der Waals surface area contributed by atoms with Gasteiger partial charge < -0.3 is 9.84 Å². The number of carboxylic acid groups (broad SMARTS) is 1. The predicted molar refractivity (Wildman–Crippen MR) is 131 cm³/mol. The number of aromatic nitrogens is 2. The molecule has 0 aliphatic heterocycles. The second-order valence-corrected chi connectivity index (χ2v) is 8.83. The van der Waals surface area contributed by atoms with Crippen LogP contribution < -0.4 is 10.3 Å². The molecule has 3 rings (SSSR count). The molecule has 10 nitrogen and oxygen atoms in total. The molecule has 0 aliphatic rings. The van der Waals surface area contributed by atoms with Crippen LogP contribution in [0, 0.1) is 10.1 Å². The normalized spacial score (nSPS) is 13.2. The molecule has 2 aromatic carbocycles. The van der Waals surface area contributed by atoms with Gasteiger partial charge in [-0.3, -0.25) is 14.9 Å². The van der Waals surface area contributed by atoms with Crippen molar-refractivity contribution in [1.82, 2.24) is 9.66 Å². The molecule has 0 bridgehead atoms. The second-order valence-electron chi connectivity index (χ2n) is 7.51. The molecule has 3 aromatic rings. The molecular weight excluding hydrogens is 532 g/mol. The van der Waals surface area contributed by atoms with Crippen LogP contribution in [0.25, 0.3) is 10.9 Å². The number of aliphatic carboxylic acids is 1. The van der Waals surface area contributed by atoms with E-state index >= 15 is 0 Å². The zero-order chi connectivity index (χ0) is 25.2. The number of rotatable bonds is 8. The van der Waals surface area contributed by atoms with Crippen molar-refractivity contribution < 1.29 is 19.6 Å². The molecule has 1 heterocycles. The van der Waals surface area contributed by atoms with Crippen LogP contribution in [-0.4, -0.2) is 38.0 Å². The van der Waals surface area contributed by atoms with Gasteiger partial charge >= 0.3 is 11.7 Å². The van der Waals surface area contributed by atoms with Gasteiger partial charge in [0.25, 0.3) is 5.56 Å². The zero-order valence-electron chi connectivity index (χ0n) is 18.4. The molecule has 0 spiro atoms. The molecule has 1 aromatic heterocycles. The quantitative estimate of drug-likeness (QED) is 0.237. The lowest BCUT2D eigenvalue weighted by molar-refractivity contribution is -0.386. The first-order chi connectivity index (χ1) is 16.0. The first-order valence-electron chi connectivity index (χ1n) is 10.2. The number of hydrogen-bond acceptors (Lipinski definition) is 7. The maximum atomic E-state index is 13.2. The van der Waals surface area contributed by atoms with E-state index in [1.54, 1.807) is 18.2 Å². The Hall–Kier alpha value is -3.31. The minimum absolute atomic E-state index is 0.0934. The number of hydrogen-bond donors (Lipinski definition) is 1. The van der Waals surface area contributed by atoms with Crippen molar-refractivity contribution in [2.75, 3.05) is 0 Å². The summed E-state index contributed by atoms with van der Waals surface area (Å²) in [5, 5.41) is 25.1. The van der Waals surface area contributed by atoms with Gasteiger partial charge in [-0.1, -0.05) is 41.4 Å². The fourth-order valence-corrected chi connectivity index (χ4v) is 3.69. The Bertz CT molecular complexity index is 1370. The summed E-state index contributed by atoms with van der Waals surface area (Å²) >= 11 is 9.52. The lowest BCUT2D eigenvalue weighted by Gasteiger charge is -2.14. The maximum Gasteiger partial charge on any atom is 0.344 e. The molecule has 0 fully saturated rings. The van der Waals surface area contributed by atoms with Crippen LogP contribution in [0.1, 0.15) is 44.5 Å². The van der Waals surface area contributed by atoms with Crippen molar-refractivity contribution in [1.29, 1.82) is 0 Å². The van der Waals surface area contributed by atoms with Gasteiger partial charge in [-0.25, -0.2) is 9.78 Å². The number of nitrogens with zero attached hydrogens (tertiary/aromatic N) is 4. The zero-order valence-corrected chi connectivity index (χ0v) is 20.7. The Labute approximate surface area is 207 Å². The molecule has 34 heavy (non-hydrogen) atoms. The fraction of sp³-hybridized carbons (Fsp3) is 0.273. The average molecular weight is 552 g/mol. The van der Waals surface area contributed by atoms with Crippen molar-refractivity contribution >= 4 is 56.3 Å². The summed E-state index contributed by atoms with van der Waals surface area (Å²) in [6.45, 7) is 5.10. The largest absolute Gasteiger partial charge is 0.479 e. The van der Waals surface area contributed by atoms with Gasteiger partial charge in [0.1, 0.15) is 5.82 Å². The monoisotopic (exact) mass is 550 g/mol. The Morgan fingerprint density at radius 1 is 1.38 bits per heavy atom. The lowest BCUT2D eigenvalue weighted by Crippen LogP contribution is -2.24. The minimum Gasteiger partial charge on any atom is -0.479 e. The first-order valence-corrected chi connectivity index (χ1v) is 11.3. The average Bonchev–Trinajstić information content (AvgIpc) is 2.79. The Morgan fingerprint density at radius 2 is 2.09 bits per heavy atom. The third-order valence-corrected chi connectivity index (χ3v) is 5.87. The number of carbonyl (C=O) groups is 1. The molecule has 0 saturated heterocycles. The van der Waals surface area contributed by atoms with E-state index in [9.17, 15) is 19.7 Å². The van der Waals surface area contributed by atoms with E-state index in [1.807, 2.05) is 13.8 Å². The molecule has 0 amide bonds. The predicted octanol–water partition coefficient (Wildman–Crippen LogP) is 4.97. The van der Waals surface area contributed by atoms with Crippen LogP contribution >= 0.6 is 27.5 Å². The molecule has 0 unspecified atom stereocenters. The number of fused-ring (bicyclic) bond motifs is 1. The van der Waals surface area contributed by atoms with Crippen molar-refractivity contribution in [3.63, 3.8) is 0 Å². The maximum absolute atomic E-state index is 13.2. The molecular formula is C22H20BrClN4O6. The highest BCUT2D eigenvalue weighted by molar-refractivity contribution is 9.10. The Morgan fingerprint density at radius 3 is 2.71 bits per heavy atom. The summed E-state index contributed by atoms with van der Waals surface area (Å²) in [4.78, 5) is 39.7. The highest BCUT2D eigenvalue weighted by atomic mass is 79.9. The third kappa shape index (κ3) is 5.26. The highest BCUT2D eigenvalue weighted by Gasteiger charge is 2.25. The molecule has 0 aliphatic carbocycles. The molecule has 178 valence electrons. The summed E-state index contributed by atoms with van der Waals surface area (Å²) in [7, 11) is 0. The van der Waals surface area contributed by atoms with Crippen LogP contribution in [0.3, 0.4) is 0 Å². The van der Waals surface area contributed by atoms with Crippen LogP contribution in [0.15, 0.2) is 44.7 Å². The summed E-state index contributed by atoms with van der Waals surface area (Å²) < 4.78 is 7.05. The number of carboxylic acids is 1. The third-order valence-electron chi connectivity index (χ3n) is 5.09. The van der Waals surface area contributed by atoms with Crippen molar-refractivity contribution in [3.05, 3.63) is 71.7 Å².